The van der Waals surface area contributed by atoms with Crippen molar-refractivity contribution in [3.8, 4) is 11.5 Å². The van der Waals surface area contributed by atoms with Crippen LogP contribution in [-0.4, -0.2) is 38.4 Å². The van der Waals surface area contributed by atoms with Crippen molar-refractivity contribution in [1.29, 1.82) is 0 Å². The monoisotopic (exact) mass is 660 g/mol. The molecule has 2 N–H and O–H groups in total. The minimum absolute atomic E-state index is 0. The SMILES string of the molecule is Cc1cc(N=Cc2cc(S(=O)(=O)O)cc(C(C)(C)C)c2[O-])c(N=Cc2cc(S(=O)(=O)O)cc(C(C)(C)C)c2[O-])cc1C.[Na+].[Na+]. The van der Waals surface area contributed by atoms with Gasteiger partial charge in [0.2, 0.25) is 0 Å². The molecular formula is C30H34N2Na2O8S2. The summed E-state index contributed by atoms with van der Waals surface area (Å²) in [5.74, 6) is -0.916. The fourth-order valence-electron chi connectivity index (χ4n) is 4.12. The van der Waals surface area contributed by atoms with Crippen LogP contribution in [0.25, 0.3) is 0 Å². The van der Waals surface area contributed by atoms with E-state index in [-0.39, 0.29) is 92.7 Å². The number of hydrogen-bond donors (Lipinski definition) is 2. The number of aryl methyl sites for hydroxylation is 2. The van der Waals surface area contributed by atoms with Crippen molar-refractivity contribution in [1.82, 2.24) is 0 Å². The first-order chi connectivity index (χ1) is 19.0. The Bertz CT molecular complexity index is 1710. The topological polar surface area (TPSA) is 180 Å². The Morgan fingerprint density at radius 2 is 0.909 bits per heavy atom. The molecule has 3 aromatic rings. The number of rotatable bonds is 6. The summed E-state index contributed by atoms with van der Waals surface area (Å²) in [7, 11) is -9.23. The molecule has 0 atom stereocenters. The van der Waals surface area contributed by atoms with E-state index < -0.39 is 52.4 Å². The molecule has 0 aliphatic carbocycles. The maximum Gasteiger partial charge on any atom is 1.00 e. The fraction of sp³-hybridized carbons (Fsp3) is 0.333. The summed E-state index contributed by atoms with van der Waals surface area (Å²) in [6.45, 7) is 14.1. The molecule has 0 aromatic heterocycles. The Morgan fingerprint density at radius 1 is 0.614 bits per heavy atom. The van der Waals surface area contributed by atoms with Gasteiger partial charge in [-0.2, -0.15) is 16.8 Å². The van der Waals surface area contributed by atoms with Crippen LogP contribution >= 0.6 is 0 Å². The standard InChI is InChI=1S/C30H36N2O8S2.2Na/c1-17-9-25(31-15-19-11-21(41(35,36)37)13-23(27(19)33)29(3,4)5)26(10-18(17)2)32-16-20-12-22(42(38,39)40)14-24(28(20)34)30(6,7)8;;/h9-16,33-34H,1-8H3,(H,35,36,37)(H,38,39,40);;/q;2*+1/p-2. The molecule has 226 valence electrons. The second kappa shape index (κ2) is 14.5. The summed E-state index contributed by atoms with van der Waals surface area (Å²) < 4.78 is 67.0. The van der Waals surface area contributed by atoms with E-state index in [0.29, 0.717) is 0 Å². The zero-order valence-electron chi connectivity index (χ0n) is 26.7. The van der Waals surface area contributed by atoms with E-state index in [1.54, 1.807) is 53.7 Å². The Kier molecular flexibility index (Phi) is 13.3. The van der Waals surface area contributed by atoms with E-state index in [1.165, 1.54) is 12.4 Å². The van der Waals surface area contributed by atoms with Gasteiger partial charge in [-0.3, -0.25) is 19.1 Å². The van der Waals surface area contributed by atoms with Crippen LogP contribution in [0.1, 0.15) is 74.9 Å². The second-order valence-electron chi connectivity index (χ2n) is 12.2. The summed E-state index contributed by atoms with van der Waals surface area (Å²) in [4.78, 5) is 7.93. The van der Waals surface area contributed by atoms with E-state index in [1.807, 2.05) is 13.8 Å². The van der Waals surface area contributed by atoms with Crippen molar-refractivity contribution < 1.29 is 95.3 Å². The molecule has 3 aromatic carbocycles. The van der Waals surface area contributed by atoms with E-state index in [9.17, 15) is 36.2 Å². The predicted octanol–water partition coefficient (Wildman–Crippen LogP) is -0.952. The largest absolute Gasteiger partial charge is 1.00 e. The van der Waals surface area contributed by atoms with Gasteiger partial charge in [-0.15, -0.1) is 0 Å². The van der Waals surface area contributed by atoms with Gasteiger partial charge >= 0.3 is 59.1 Å². The van der Waals surface area contributed by atoms with Gasteiger partial charge in [0.15, 0.2) is 0 Å². The maximum absolute atomic E-state index is 13.2. The Hall–Kier alpha value is -1.58. The summed E-state index contributed by atoms with van der Waals surface area (Å²) in [6, 6.07) is 7.75. The van der Waals surface area contributed by atoms with Crippen LogP contribution in [-0.2, 0) is 31.1 Å². The zero-order chi connectivity index (χ0) is 32.0. The van der Waals surface area contributed by atoms with Crippen molar-refractivity contribution >= 4 is 44.0 Å². The van der Waals surface area contributed by atoms with Crippen LogP contribution in [0, 0.1) is 13.8 Å². The first-order valence-electron chi connectivity index (χ1n) is 12.9. The quantitative estimate of drug-likeness (QED) is 0.193. The molecule has 0 saturated carbocycles. The van der Waals surface area contributed by atoms with Crippen molar-refractivity contribution in [3.05, 3.63) is 69.8 Å². The molecule has 44 heavy (non-hydrogen) atoms. The number of aliphatic imine (C=N–C) groups is 2. The van der Waals surface area contributed by atoms with Crippen molar-refractivity contribution in [2.75, 3.05) is 0 Å². The van der Waals surface area contributed by atoms with Crippen LogP contribution in [0.15, 0.2) is 56.2 Å². The first-order valence-corrected chi connectivity index (χ1v) is 15.7. The van der Waals surface area contributed by atoms with Gasteiger partial charge in [0.25, 0.3) is 20.2 Å². The third-order valence-corrected chi connectivity index (χ3v) is 8.33. The fourth-order valence-corrected chi connectivity index (χ4v) is 5.21. The molecule has 0 spiro atoms. The molecule has 10 nitrogen and oxygen atoms in total. The van der Waals surface area contributed by atoms with Gasteiger partial charge in [0, 0.05) is 12.4 Å². The van der Waals surface area contributed by atoms with Crippen LogP contribution in [0.4, 0.5) is 11.4 Å². The van der Waals surface area contributed by atoms with Crippen LogP contribution in [0.5, 0.6) is 11.5 Å². The van der Waals surface area contributed by atoms with Gasteiger partial charge in [0.05, 0.1) is 21.2 Å². The van der Waals surface area contributed by atoms with Gasteiger partial charge in [-0.05, 0) is 94.5 Å². The molecule has 14 heteroatoms. The molecule has 0 bridgehead atoms. The summed E-state index contributed by atoms with van der Waals surface area (Å²) in [5, 5.41) is 26.4. The van der Waals surface area contributed by atoms with Crippen molar-refractivity contribution in [2.45, 2.75) is 76.0 Å². The van der Waals surface area contributed by atoms with Gasteiger partial charge in [0.1, 0.15) is 0 Å². The van der Waals surface area contributed by atoms with E-state index >= 15 is 0 Å². The molecular weight excluding hydrogens is 626 g/mol. The smallest absolute Gasteiger partial charge is 0.872 e. The second-order valence-corrected chi connectivity index (χ2v) is 15.0. The summed E-state index contributed by atoms with van der Waals surface area (Å²) >= 11 is 0. The van der Waals surface area contributed by atoms with Crippen LogP contribution in [0.3, 0.4) is 0 Å². The molecule has 0 radical (unpaired) electrons. The van der Waals surface area contributed by atoms with E-state index in [2.05, 4.69) is 9.98 Å². The number of nitrogens with zero attached hydrogens (tertiary/aromatic N) is 2. The molecule has 0 aliphatic rings. The van der Waals surface area contributed by atoms with Gasteiger partial charge in [-0.25, -0.2) is 0 Å². The summed E-state index contributed by atoms with van der Waals surface area (Å²) in [5.41, 5.74) is 0.972. The average Bonchev–Trinajstić information content (AvgIpc) is 2.82. The summed E-state index contributed by atoms with van der Waals surface area (Å²) in [6.07, 6.45) is 2.37. The molecule has 0 amide bonds. The first kappa shape index (κ1) is 40.4. The minimum atomic E-state index is -4.61. The van der Waals surface area contributed by atoms with Gasteiger partial charge in [-0.1, -0.05) is 53.0 Å². The van der Waals surface area contributed by atoms with Gasteiger partial charge < -0.3 is 10.2 Å². The number of hydrogen-bond acceptors (Lipinski definition) is 8. The van der Waals surface area contributed by atoms with Crippen molar-refractivity contribution in [3.63, 3.8) is 0 Å². The molecule has 0 unspecified atom stereocenters. The number of benzene rings is 3. The Labute approximate surface area is 303 Å². The molecule has 0 heterocycles. The molecule has 3 rings (SSSR count). The molecule has 0 saturated heterocycles. The average molecular weight is 661 g/mol. The Morgan fingerprint density at radius 3 is 1.16 bits per heavy atom. The minimum Gasteiger partial charge on any atom is -0.872 e. The zero-order valence-corrected chi connectivity index (χ0v) is 32.3. The van der Waals surface area contributed by atoms with Crippen LogP contribution in [0.2, 0.25) is 0 Å². The normalized spacial score (nSPS) is 12.8. The van der Waals surface area contributed by atoms with E-state index in [0.717, 1.165) is 35.4 Å². The molecule has 0 fully saturated rings. The van der Waals surface area contributed by atoms with Crippen molar-refractivity contribution in [2.24, 2.45) is 9.98 Å². The molecule has 0 aliphatic heterocycles. The van der Waals surface area contributed by atoms with Crippen LogP contribution < -0.4 is 69.3 Å². The maximum atomic E-state index is 13.2. The third-order valence-electron chi connectivity index (χ3n) is 6.67. The predicted molar refractivity (Wildman–Crippen MR) is 159 cm³/mol. The Balaban J connectivity index is 0.00000484. The van der Waals surface area contributed by atoms with E-state index in [4.69, 9.17) is 0 Å². The third kappa shape index (κ3) is 9.71.